The molecule has 0 saturated heterocycles. The summed E-state index contributed by atoms with van der Waals surface area (Å²) in [7, 11) is 0. The van der Waals surface area contributed by atoms with Crippen molar-refractivity contribution in [3.8, 4) is 0 Å². The van der Waals surface area contributed by atoms with Crippen molar-refractivity contribution in [3.05, 3.63) is 24.3 Å². The zero-order valence-corrected chi connectivity index (χ0v) is 16.8. The second-order valence-electron chi connectivity index (χ2n) is 7.08. The molecule has 0 radical (unpaired) electrons. The molecule has 1 unspecified atom stereocenters. The van der Waals surface area contributed by atoms with Gasteiger partial charge in [-0.05, 0) is 46.5 Å². The molecule has 0 aromatic rings. The average molecular weight is 382 g/mol. The van der Waals surface area contributed by atoms with Crippen molar-refractivity contribution in [2.75, 3.05) is 6.54 Å². The number of carbonyl (C=O) groups is 4. The predicted molar refractivity (Wildman–Crippen MR) is 101 cm³/mol. The average Bonchev–Trinajstić information content (AvgIpc) is 2.53. The van der Waals surface area contributed by atoms with E-state index in [0.29, 0.717) is 13.0 Å². The van der Waals surface area contributed by atoms with Crippen LogP contribution in [0, 0.1) is 5.92 Å². The van der Waals surface area contributed by atoms with E-state index in [1.54, 1.807) is 0 Å². The zero-order chi connectivity index (χ0) is 21.2. The zero-order valence-electron chi connectivity index (χ0n) is 16.8. The van der Waals surface area contributed by atoms with E-state index in [4.69, 9.17) is 0 Å². The lowest BCUT2D eigenvalue weighted by Gasteiger charge is -2.32. The summed E-state index contributed by atoms with van der Waals surface area (Å²) in [6.45, 7) is 15.7. The minimum Gasteiger partial charge on any atom is -0.373 e. The van der Waals surface area contributed by atoms with Gasteiger partial charge in [0.25, 0.3) is 0 Å². The largest absolute Gasteiger partial charge is 0.415 e. The summed E-state index contributed by atoms with van der Waals surface area (Å²) < 4.78 is 9.13. The van der Waals surface area contributed by atoms with Crippen LogP contribution in [0.4, 0.5) is 9.59 Å². The highest BCUT2D eigenvalue weighted by Gasteiger charge is 2.28. The van der Waals surface area contributed by atoms with Crippen molar-refractivity contribution in [1.29, 1.82) is 0 Å². The lowest BCUT2D eigenvalue weighted by Crippen LogP contribution is -2.48. The topological polar surface area (TPSA) is 111 Å². The predicted octanol–water partition coefficient (Wildman–Crippen LogP) is 3.23. The van der Waals surface area contributed by atoms with Gasteiger partial charge >= 0.3 is 24.1 Å². The van der Waals surface area contributed by atoms with Crippen LogP contribution >= 0.6 is 0 Å². The quantitative estimate of drug-likeness (QED) is 0.274. The van der Waals surface area contributed by atoms with Crippen LogP contribution in [0.15, 0.2) is 24.3 Å². The third-order valence-electron chi connectivity index (χ3n) is 4.06. The molecule has 0 spiro atoms. The van der Waals surface area contributed by atoms with Crippen molar-refractivity contribution >= 4 is 24.1 Å². The number of hydrogen-bond acceptors (Lipinski definition) is 6. The van der Waals surface area contributed by atoms with Gasteiger partial charge in [0.2, 0.25) is 0 Å². The number of rotatable bonds is 9. The highest BCUT2D eigenvalue weighted by Crippen LogP contribution is 2.22. The molecule has 1 atom stereocenters. The van der Waals surface area contributed by atoms with Crippen molar-refractivity contribution in [3.63, 3.8) is 0 Å². The number of amides is 2. The van der Waals surface area contributed by atoms with Crippen molar-refractivity contribution in [2.45, 2.75) is 59.4 Å². The maximum absolute atomic E-state index is 11.8. The summed E-state index contributed by atoms with van der Waals surface area (Å²) >= 11 is 0. The molecular weight excluding hydrogens is 352 g/mol. The van der Waals surface area contributed by atoms with Crippen LogP contribution in [-0.4, -0.2) is 36.2 Å². The maximum atomic E-state index is 11.8. The number of esters is 2. The van der Waals surface area contributed by atoms with E-state index >= 15 is 0 Å². The molecule has 0 bridgehead atoms. The van der Waals surface area contributed by atoms with Gasteiger partial charge in [-0.2, -0.15) is 0 Å². The highest BCUT2D eigenvalue weighted by atomic mass is 16.6. The van der Waals surface area contributed by atoms with Gasteiger partial charge in [-0.25, -0.2) is 19.2 Å². The molecule has 0 aliphatic rings. The molecule has 0 aromatic carbocycles. The molecule has 8 heteroatoms. The molecule has 0 saturated carbocycles. The van der Waals surface area contributed by atoms with E-state index in [2.05, 4.69) is 33.3 Å². The number of nitrogens with one attached hydrogen (secondary N) is 2. The molecule has 8 nitrogen and oxygen atoms in total. The van der Waals surface area contributed by atoms with Crippen LogP contribution in [-0.2, 0) is 19.1 Å². The first kappa shape index (κ1) is 24.4. The normalized spacial score (nSPS) is 11.7. The maximum Gasteiger partial charge on any atom is 0.415 e. The molecule has 0 aliphatic heterocycles. The van der Waals surface area contributed by atoms with Gasteiger partial charge in [-0.3, -0.25) is 0 Å². The first-order valence-electron chi connectivity index (χ1n) is 8.72. The lowest BCUT2D eigenvalue weighted by molar-refractivity contribution is -0.134. The van der Waals surface area contributed by atoms with Crippen LogP contribution in [0.1, 0.15) is 53.9 Å². The van der Waals surface area contributed by atoms with Gasteiger partial charge in [-0.15, -0.1) is 0 Å². The van der Waals surface area contributed by atoms with Crippen molar-refractivity contribution < 1.29 is 28.7 Å². The third kappa shape index (κ3) is 10.2. The first-order valence-corrected chi connectivity index (χ1v) is 8.72. The van der Waals surface area contributed by atoms with Crippen LogP contribution in [0.5, 0.6) is 0 Å². The first-order chi connectivity index (χ1) is 12.4. The number of hydrogen-bond donors (Lipinski definition) is 2. The number of alkyl carbamates (subject to hydrolysis) is 2. The molecule has 152 valence electrons. The smallest absolute Gasteiger partial charge is 0.373 e. The van der Waals surface area contributed by atoms with E-state index in [9.17, 15) is 19.2 Å². The van der Waals surface area contributed by atoms with Crippen molar-refractivity contribution in [2.24, 2.45) is 5.92 Å². The second kappa shape index (κ2) is 11.2. The highest BCUT2D eigenvalue weighted by molar-refractivity contribution is 5.95. The van der Waals surface area contributed by atoms with E-state index in [1.807, 2.05) is 20.8 Å². The van der Waals surface area contributed by atoms with Gasteiger partial charge in [0.05, 0.1) is 0 Å². The van der Waals surface area contributed by atoms with E-state index in [-0.39, 0.29) is 17.1 Å². The summed E-state index contributed by atoms with van der Waals surface area (Å²) in [5.41, 5.74) is -0.295. The van der Waals surface area contributed by atoms with E-state index < -0.39 is 29.7 Å². The fourth-order valence-electron chi connectivity index (χ4n) is 1.92. The summed E-state index contributed by atoms with van der Waals surface area (Å²) in [6, 6.07) is 0. The molecule has 0 aromatic heterocycles. The van der Waals surface area contributed by atoms with Crippen LogP contribution in [0.3, 0.4) is 0 Å². The van der Waals surface area contributed by atoms with E-state index in [0.717, 1.165) is 12.8 Å². The Morgan fingerprint density at radius 3 is 1.89 bits per heavy atom. The Morgan fingerprint density at radius 1 is 0.926 bits per heavy atom. The van der Waals surface area contributed by atoms with Crippen LogP contribution in [0.25, 0.3) is 0 Å². The molecule has 0 heterocycles. The van der Waals surface area contributed by atoms with Gasteiger partial charge in [0.15, 0.2) is 0 Å². The number of carbonyl (C=O) groups excluding carboxylic acids is 4. The fraction of sp³-hybridized carbons (Fsp3) is 0.579. The Labute approximate surface area is 160 Å². The second-order valence-corrected chi connectivity index (χ2v) is 7.08. The monoisotopic (exact) mass is 382 g/mol. The van der Waals surface area contributed by atoms with Gasteiger partial charge < -0.3 is 20.1 Å². The van der Waals surface area contributed by atoms with Crippen molar-refractivity contribution in [1.82, 2.24) is 10.6 Å². The fourth-order valence-corrected chi connectivity index (χ4v) is 1.92. The minimum atomic E-state index is -0.813. The number of ether oxygens (including phenoxy) is 2. The molecule has 0 fully saturated rings. The molecule has 2 N–H and O–H groups in total. The van der Waals surface area contributed by atoms with Gasteiger partial charge in [0, 0.05) is 23.2 Å². The third-order valence-corrected chi connectivity index (χ3v) is 4.06. The van der Waals surface area contributed by atoms with Gasteiger partial charge in [0.1, 0.15) is 0 Å². The Balaban J connectivity index is 4.16. The van der Waals surface area contributed by atoms with Gasteiger partial charge in [-0.1, -0.05) is 26.5 Å². The van der Waals surface area contributed by atoms with Crippen LogP contribution < -0.4 is 10.6 Å². The Hall–Kier alpha value is -2.64. The molecule has 0 aliphatic carbocycles. The standard InChI is InChI=1S/C19H30N2O6/c1-12(2)15(22)26-17(24)20-11-9-8-10-14(5)19(6,7)21-18(25)27-16(23)13(3)4/h14H,1,3,8-11H2,2,4-7H3,(H,20,24)(H,21,25). The molecular formula is C19H30N2O6. The number of unbranched alkanes of at least 4 members (excludes halogenated alkanes) is 1. The summed E-state index contributed by atoms with van der Waals surface area (Å²) in [5.74, 6) is -1.44. The molecule has 27 heavy (non-hydrogen) atoms. The summed E-state index contributed by atoms with van der Waals surface area (Å²) in [6.07, 6.45) is 0.605. The Bertz CT molecular complexity index is 609. The minimum absolute atomic E-state index is 0.0851. The van der Waals surface area contributed by atoms with Crippen LogP contribution in [0.2, 0.25) is 0 Å². The molecule has 0 rings (SSSR count). The Morgan fingerprint density at radius 2 is 1.41 bits per heavy atom. The van der Waals surface area contributed by atoms with E-state index in [1.165, 1.54) is 13.8 Å². The summed E-state index contributed by atoms with van der Waals surface area (Å²) in [4.78, 5) is 45.7. The lowest BCUT2D eigenvalue weighted by atomic mass is 9.85. The summed E-state index contributed by atoms with van der Waals surface area (Å²) in [5, 5.41) is 5.16. The molecule has 2 amide bonds. The Kier molecular flexibility index (Phi) is 10.1. The SMILES string of the molecule is C=C(C)C(=O)OC(=O)NCCCCC(C)C(C)(C)NC(=O)OC(=O)C(=C)C.